The Morgan fingerprint density at radius 2 is 2.47 bits per heavy atom. The molecule has 1 fully saturated rings. The van der Waals surface area contributed by atoms with Crippen LogP contribution in [0, 0.1) is 5.95 Å². The molecule has 1 aliphatic heterocycles. The molecule has 0 radical (unpaired) electrons. The number of hydrogen-bond donors (Lipinski definition) is 1. The summed E-state index contributed by atoms with van der Waals surface area (Å²) >= 11 is 0. The molecule has 0 saturated carbocycles. The smallest absolute Gasteiger partial charge is 0.244 e. The minimum Gasteiger partial charge on any atom is -0.377 e. The Morgan fingerprint density at radius 3 is 3.18 bits per heavy atom. The first-order valence-electron chi connectivity index (χ1n) is 5.26. The van der Waals surface area contributed by atoms with Gasteiger partial charge in [0.25, 0.3) is 0 Å². The number of halogens is 1. The molecule has 2 heterocycles. The minimum atomic E-state index is -0.614. The number of hydrogen-bond acceptors (Lipinski definition) is 5. The second-order valence-corrected chi connectivity index (χ2v) is 3.60. The third kappa shape index (κ3) is 2.50. The molecule has 2 rings (SSSR count). The fraction of sp³-hybridized carbons (Fsp3) is 0.500. The highest BCUT2D eigenvalue weighted by Crippen LogP contribution is 2.17. The molecule has 0 aromatic carbocycles. The molecule has 1 aromatic heterocycles. The predicted molar refractivity (Wildman–Crippen MR) is 58.0 cm³/mol. The number of amides is 1. The van der Waals surface area contributed by atoms with Gasteiger partial charge in [0.1, 0.15) is 18.2 Å². The molecule has 92 valence electrons. The number of ether oxygens (including phenoxy) is 1. The van der Waals surface area contributed by atoms with Gasteiger partial charge >= 0.3 is 0 Å². The minimum absolute atomic E-state index is 0.177. The van der Waals surface area contributed by atoms with Gasteiger partial charge < -0.3 is 15.0 Å². The zero-order valence-electron chi connectivity index (χ0n) is 9.39. The maximum absolute atomic E-state index is 13.0. The van der Waals surface area contributed by atoms with Crippen LogP contribution in [0.1, 0.15) is 0 Å². The van der Waals surface area contributed by atoms with Crippen LogP contribution in [-0.4, -0.2) is 48.7 Å². The van der Waals surface area contributed by atoms with Crippen LogP contribution in [-0.2, 0) is 9.53 Å². The van der Waals surface area contributed by atoms with Crippen molar-refractivity contribution in [2.75, 3.05) is 31.7 Å². The summed E-state index contributed by atoms with van der Waals surface area (Å²) in [6.07, 6.45) is 1.14. The van der Waals surface area contributed by atoms with E-state index < -0.39 is 12.0 Å². The van der Waals surface area contributed by atoms with Crippen molar-refractivity contribution in [3.8, 4) is 0 Å². The second kappa shape index (κ2) is 5.05. The second-order valence-electron chi connectivity index (χ2n) is 3.60. The van der Waals surface area contributed by atoms with Crippen LogP contribution >= 0.6 is 0 Å². The standard InChI is InChI=1S/C10H13FN4O2/c1-12-10(16)7-5-17-3-2-15(7)9-4-8(11)13-6-14-9/h4,6-7H,2-3,5H2,1H3,(H,12,16). The van der Waals surface area contributed by atoms with Gasteiger partial charge in [-0.25, -0.2) is 9.97 Å². The van der Waals surface area contributed by atoms with Gasteiger partial charge in [0.15, 0.2) is 0 Å². The molecule has 1 saturated heterocycles. The zero-order valence-corrected chi connectivity index (χ0v) is 9.39. The van der Waals surface area contributed by atoms with Gasteiger partial charge in [0.05, 0.1) is 13.2 Å². The topological polar surface area (TPSA) is 67.3 Å². The SMILES string of the molecule is CNC(=O)C1COCCN1c1cc(F)ncn1. The van der Waals surface area contributed by atoms with Gasteiger partial charge in [-0.05, 0) is 0 Å². The highest BCUT2D eigenvalue weighted by molar-refractivity contribution is 5.85. The molecule has 6 nitrogen and oxygen atoms in total. The van der Waals surface area contributed by atoms with Crippen molar-refractivity contribution in [2.24, 2.45) is 0 Å². The van der Waals surface area contributed by atoms with E-state index in [1.54, 1.807) is 11.9 Å². The maximum atomic E-state index is 13.0. The first kappa shape index (κ1) is 11.7. The molecule has 0 spiro atoms. The van der Waals surface area contributed by atoms with Gasteiger partial charge in [-0.3, -0.25) is 4.79 Å². The maximum Gasteiger partial charge on any atom is 0.244 e. The number of carbonyl (C=O) groups is 1. The van der Waals surface area contributed by atoms with Crippen LogP contribution < -0.4 is 10.2 Å². The Kier molecular flexibility index (Phi) is 3.48. The Morgan fingerprint density at radius 1 is 1.65 bits per heavy atom. The summed E-state index contributed by atoms with van der Waals surface area (Å²) in [6.45, 7) is 1.25. The number of nitrogens with zero attached hydrogens (tertiary/aromatic N) is 3. The number of carbonyl (C=O) groups excluding carboxylic acids is 1. The van der Waals surface area contributed by atoms with Crippen LogP contribution in [0.5, 0.6) is 0 Å². The summed E-state index contributed by atoms with van der Waals surface area (Å²) in [5, 5.41) is 2.55. The van der Waals surface area contributed by atoms with Crippen molar-refractivity contribution in [1.82, 2.24) is 15.3 Å². The van der Waals surface area contributed by atoms with E-state index in [4.69, 9.17) is 4.74 Å². The van der Waals surface area contributed by atoms with Crippen LogP contribution in [0.2, 0.25) is 0 Å². The normalized spacial score (nSPS) is 20.1. The Bertz CT molecular complexity index is 415. The lowest BCUT2D eigenvalue weighted by atomic mass is 10.2. The third-order valence-corrected chi connectivity index (χ3v) is 2.59. The van der Waals surface area contributed by atoms with E-state index in [0.717, 1.165) is 6.33 Å². The van der Waals surface area contributed by atoms with E-state index in [9.17, 15) is 9.18 Å². The molecule has 1 atom stereocenters. The van der Waals surface area contributed by atoms with Gasteiger partial charge in [0.2, 0.25) is 11.9 Å². The van der Waals surface area contributed by atoms with Crippen molar-refractivity contribution in [3.05, 3.63) is 18.3 Å². The van der Waals surface area contributed by atoms with Gasteiger partial charge in [-0.1, -0.05) is 0 Å². The quantitative estimate of drug-likeness (QED) is 0.710. The number of aromatic nitrogens is 2. The highest BCUT2D eigenvalue weighted by atomic mass is 19.1. The number of morpholine rings is 1. The van der Waals surface area contributed by atoms with Gasteiger partial charge in [-0.15, -0.1) is 0 Å². The Hall–Kier alpha value is -1.76. The number of rotatable bonds is 2. The lowest BCUT2D eigenvalue weighted by Crippen LogP contribution is -2.53. The fourth-order valence-electron chi connectivity index (χ4n) is 1.74. The van der Waals surface area contributed by atoms with E-state index in [1.807, 2.05) is 0 Å². The van der Waals surface area contributed by atoms with Crippen LogP contribution in [0.4, 0.5) is 10.2 Å². The van der Waals surface area contributed by atoms with E-state index >= 15 is 0 Å². The fourth-order valence-corrected chi connectivity index (χ4v) is 1.74. The molecular weight excluding hydrogens is 227 g/mol. The van der Waals surface area contributed by atoms with Crippen molar-refractivity contribution in [3.63, 3.8) is 0 Å². The molecule has 1 N–H and O–H groups in total. The van der Waals surface area contributed by atoms with Crippen molar-refractivity contribution in [1.29, 1.82) is 0 Å². The third-order valence-electron chi connectivity index (χ3n) is 2.59. The number of nitrogens with one attached hydrogen (secondary N) is 1. The Balaban J connectivity index is 2.24. The molecule has 17 heavy (non-hydrogen) atoms. The molecule has 0 bridgehead atoms. The van der Waals surface area contributed by atoms with Crippen molar-refractivity contribution < 1.29 is 13.9 Å². The predicted octanol–water partition coefficient (Wildman–Crippen LogP) is -0.433. The Labute approximate surface area is 97.8 Å². The molecular formula is C10H13FN4O2. The summed E-state index contributed by atoms with van der Waals surface area (Å²) in [7, 11) is 1.55. The molecule has 0 aliphatic carbocycles. The molecule has 1 aromatic rings. The van der Waals surface area contributed by atoms with Gasteiger partial charge in [-0.2, -0.15) is 4.39 Å². The number of anilines is 1. The van der Waals surface area contributed by atoms with Crippen LogP contribution in [0.3, 0.4) is 0 Å². The number of likely N-dealkylation sites (N-methyl/N-ethyl adjacent to an activating group) is 1. The zero-order chi connectivity index (χ0) is 12.3. The van der Waals surface area contributed by atoms with E-state index in [-0.39, 0.29) is 12.5 Å². The summed E-state index contributed by atoms with van der Waals surface area (Å²) in [5.41, 5.74) is 0. The lowest BCUT2D eigenvalue weighted by molar-refractivity contribution is -0.124. The van der Waals surface area contributed by atoms with E-state index in [1.165, 1.54) is 6.07 Å². The van der Waals surface area contributed by atoms with E-state index in [0.29, 0.717) is 19.0 Å². The average Bonchev–Trinajstić information content (AvgIpc) is 2.38. The van der Waals surface area contributed by atoms with E-state index in [2.05, 4.69) is 15.3 Å². The largest absolute Gasteiger partial charge is 0.377 e. The van der Waals surface area contributed by atoms with Crippen molar-refractivity contribution in [2.45, 2.75) is 6.04 Å². The van der Waals surface area contributed by atoms with Crippen LogP contribution in [0.25, 0.3) is 0 Å². The molecule has 7 heteroatoms. The summed E-state index contributed by atoms with van der Waals surface area (Å²) in [5.74, 6) is -0.393. The van der Waals surface area contributed by atoms with Crippen LogP contribution in [0.15, 0.2) is 12.4 Å². The van der Waals surface area contributed by atoms with Gasteiger partial charge in [0, 0.05) is 19.7 Å². The monoisotopic (exact) mass is 240 g/mol. The first-order valence-corrected chi connectivity index (χ1v) is 5.26. The average molecular weight is 240 g/mol. The summed E-state index contributed by atoms with van der Waals surface area (Å²) < 4.78 is 18.3. The lowest BCUT2D eigenvalue weighted by Gasteiger charge is -2.34. The molecule has 1 unspecified atom stereocenters. The molecule has 1 amide bonds. The summed E-state index contributed by atoms with van der Waals surface area (Å²) in [4.78, 5) is 20.7. The van der Waals surface area contributed by atoms with Crippen molar-refractivity contribution >= 4 is 11.7 Å². The first-order chi connectivity index (χ1) is 8.22. The summed E-state index contributed by atoms with van der Waals surface area (Å²) in [6, 6.07) is 0.726. The molecule has 1 aliphatic rings. The highest BCUT2D eigenvalue weighted by Gasteiger charge is 2.29.